The fourth-order valence-electron chi connectivity index (χ4n) is 1.92. The zero-order valence-electron chi connectivity index (χ0n) is 10.9. The molecule has 0 radical (unpaired) electrons. The summed E-state index contributed by atoms with van der Waals surface area (Å²) in [5.74, 6) is -2.41. The topological polar surface area (TPSA) is 86.0 Å². The first kappa shape index (κ1) is 12.9. The van der Waals surface area contributed by atoms with Gasteiger partial charge in [0.15, 0.2) is 0 Å². The zero-order valence-corrected chi connectivity index (χ0v) is 10.9. The Hall–Kier alpha value is -3.09. The van der Waals surface area contributed by atoms with Crippen molar-refractivity contribution in [2.75, 3.05) is 7.11 Å². The fraction of sp³-hybridized carbons (Fsp3) is 0.0714. The third kappa shape index (κ3) is 2.04. The van der Waals surface area contributed by atoms with Crippen molar-refractivity contribution in [1.82, 2.24) is 5.06 Å². The predicted molar refractivity (Wildman–Crippen MR) is 67.6 cm³/mol. The number of hydroxylamine groups is 2. The molecule has 1 aliphatic heterocycles. The summed E-state index contributed by atoms with van der Waals surface area (Å²) < 4.78 is 9.79. The number of ether oxygens (including phenoxy) is 1. The van der Waals surface area contributed by atoms with Crippen LogP contribution in [-0.4, -0.2) is 30.0 Å². The van der Waals surface area contributed by atoms with E-state index in [1.807, 2.05) is 0 Å². The number of rotatable bonds is 3. The number of fused-ring (bicyclic) bond motifs is 1. The normalized spacial score (nSPS) is 13.3. The van der Waals surface area contributed by atoms with Crippen LogP contribution in [0.25, 0.3) is 0 Å². The maximum Gasteiger partial charge on any atom is 0.399 e. The van der Waals surface area contributed by atoms with Gasteiger partial charge in [-0.3, -0.25) is 9.59 Å². The number of methoxy groups -OCH3 is 1. The molecule has 106 valence electrons. The summed E-state index contributed by atoms with van der Waals surface area (Å²) in [6.45, 7) is 0. The summed E-state index contributed by atoms with van der Waals surface area (Å²) in [5.41, 5.74) is 0.375. The van der Waals surface area contributed by atoms with Crippen molar-refractivity contribution in [3.05, 3.63) is 53.3 Å². The van der Waals surface area contributed by atoms with Gasteiger partial charge in [-0.15, -0.1) is 0 Å². The van der Waals surface area contributed by atoms with E-state index in [0.717, 1.165) is 0 Å². The standard InChI is InChI=1S/C14H9NO6/c1-19-11-7-6-10(20-11)14(18)21-15-12(16)8-4-2-3-5-9(8)13(15)17/h2-7H,1H3. The summed E-state index contributed by atoms with van der Waals surface area (Å²) in [4.78, 5) is 40.7. The van der Waals surface area contributed by atoms with E-state index in [0.29, 0.717) is 5.06 Å². The molecule has 1 aromatic carbocycles. The lowest BCUT2D eigenvalue weighted by atomic mass is 10.1. The molecule has 1 aromatic heterocycles. The number of furan rings is 1. The molecule has 0 unspecified atom stereocenters. The number of imide groups is 1. The van der Waals surface area contributed by atoms with Gasteiger partial charge in [0.05, 0.1) is 18.2 Å². The van der Waals surface area contributed by atoms with Gasteiger partial charge in [0.1, 0.15) is 0 Å². The van der Waals surface area contributed by atoms with Gasteiger partial charge in [-0.05, 0) is 18.2 Å². The van der Waals surface area contributed by atoms with Gasteiger partial charge in [-0.2, -0.15) is 0 Å². The highest BCUT2D eigenvalue weighted by Crippen LogP contribution is 2.24. The monoisotopic (exact) mass is 287 g/mol. The quantitative estimate of drug-likeness (QED) is 0.798. The van der Waals surface area contributed by atoms with Crippen LogP contribution >= 0.6 is 0 Å². The van der Waals surface area contributed by atoms with E-state index in [1.54, 1.807) is 12.1 Å². The van der Waals surface area contributed by atoms with Crippen LogP contribution in [0.1, 0.15) is 31.3 Å². The number of carbonyl (C=O) groups is 3. The zero-order chi connectivity index (χ0) is 15.0. The van der Waals surface area contributed by atoms with Crippen LogP contribution < -0.4 is 4.74 Å². The van der Waals surface area contributed by atoms with Crippen molar-refractivity contribution in [3.63, 3.8) is 0 Å². The van der Waals surface area contributed by atoms with Crippen molar-refractivity contribution in [2.24, 2.45) is 0 Å². The van der Waals surface area contributed by atoms with E-state index in [-0.39, 0.29) is 22.8 Å². The number of hydrogen-bond donors (Lipinski definition) is 0. The Labute approximate surface area is 118 Å². The van der Waals surface area contributed by atoms with E-state index in [9.17, 15) is 14.4 Å². The highest BCUT2D eigenvalue weighted by atomic mass is 16.7. The Morgan fingerprint density at radius 1 is 1.05 bits per heavy atom. The third-order valence-corrected chi connectivity index (χ3v) is 2.91. The molecule has 0 spiro atoms. The molecular weight excluding hydrogens is 278 g/mol. The van der Waals surface area contributed by atoms with Crippen molar-refractivity contribution < 1.29 is 28.4 Å². The molecule has 2 heterocycles. The maximum absolute atomic E-state index is 12.0. The first-order chi connectivity index (χ1) is 10.1. The van der Waals surface area contributed by atoms with Gasteiger partial charge in [-0.25, -0.2) is 4.79 Å². The molecule has 0 saturated carbocycles. The Kier molecular flexibility index (Phi) is 2.94. The van der Waals surface area contributed by atoms with Crippen LogP contribution in [0.4, 0.5) is 0 Å². The molecule has 2 aromatic rings. The highest BCUT2D eigenvalue weighted by Gasteiger charge is 2.39. The summed E-state index contributed by atoms with van der Waals surface area (Å²) in [6.07, 6.45) is 0. The van der Waals surface area contributed by atoms with Crippen molar-refractivity contribution in [1.29, 1.82) is 0 Å². The van der Waals surface area contributed by atoms with Crippen LogP contribution in [0, 0.1) is 0 Å². The number of hydrogen-bond acceptors (Lipinski definition) is 6. The first-order valence-corrected chi connectivity index (χ1v) is 5.95. The largest absolute Gasteiger partial charge is 0.468 e. The van der Waals surface area contributed by atoms with E-state index >= 15 is 0 Å². The van der Waals surface area contributed by atoms with Crippen molar-refractivity contribution in [3.8, 4) is 5.95 Å². The lowest BCUT2D eigenvalue weighted by Crippen LogP contribution is -2.32. The SMILES string of the molecule is COc1ccc(C(=O)ON2C(=O)c3ccccc3C2=O)o1. The lowest BCUT2D eigenvalue weighted by molar-refractivity contribution is -0.0604. The molecule has 0 atom stereocenters. The number of amides is 2. The molecular formula is C14H9NO6. The smallest absolute Gasteiger partial charge is 0.399 e. The molecule has 3 rings (SSSR count). The molecule has 1 aliphatic rings. The average Bonchev–Trinajstić information content (AvgIpc) is 3.07. The molecule has 0 saturated heterocycles. The molecule has 7 nitrogen and oxygen atoms in total. The summed E-state index contributed by atoms with van der Waals surface area (Å²) in [5, 5.41) is 0.419. The third-order valence-electron chi connectivity index (χ3n) is 2.91. The molecule has 2 amide bonds. The second kappa shape index (κ2) is 4.78. The Bertz CT molecular complexity index is 712. The molecule has 0 fully saturated rings. The number of carbonyl (C=O) groups excluding carboxylic acids is 3. The number of benzene rings is 1. The summed E-state index contributed by atoms with van der Waals surface area (Å²) in [7, 11) is 1.37. The van der Waals surface area contributed by atoms with Gasteiger partial charge in [0, 0.05) is 6.07 Å². The molecule has 0 N–H and O–H groups in total. The van der Waals surface area contributed by atoms with Crippen molar-refractivity contribution >= 4 is 17.8 Å². The minimum atomic E-state index is -0.965. The van der Waals surface area contributed by atoms with Gasteiger partial charge >= 0.3 is 5.97 Å². The van der Waals surface area contributed by atoms with Crippen molar-refractivity contribution in [2.45, 2.75) is 0 Å². The Morgan fingerprint density at radius 3 is 2.19 bits per heavy atom. The van der Waals surface area contributed by atoms with E-state index in [1.165, 1.54) is 31.4 Å². The van der Waals surface area contributed by atoms with Gasteiger partial charge in [-0.1, -0.05) is 17.2 Å². The van der Waals surface area contributed by atoms with Crippen LogP contribution in [0.2, 0.25) is 0 Å². The second-order valence-electron chi connectivity index (χ2n) is 4.15. The van der Waals surface area contributed by atoms with Crippen LogP contribution in [0.3, 0.4) is 0 Å². The molecule has 21 heavy (non-hydrogen) atoms. The Morgan fingerprint density at radius 2 is 1.67 bits per heavy atom. The fourth-order valence-corrected chi connectivity index (χ4v) is 1.92. The molecule has 0 aliphatic carbocycles. The van der Waals surface area contributed by atoms with Gasteiger partial charge in [0.2, 0.25) is 5.76 Å². The van der Waals surface area contributed by atoms with Gasteiger partial charge < -0.3 is 14.0 Å². The predicted octanol–water partition coefficient (Wildman–Crippen LogP) is 1.66. The molecule has 7 heteroatoms. The minimum absolute atomic E-state index is 0.115. The number of nitrogens with zero attached hydrogens (tertiary/aromatic N) is 1. The highest BCUT2D eigenvalue weighted by molar-refractivity contribution is 6.21. The average molecular weight is 287 g/mol. The van der Waals surface area contributed by atoms with E-state index in [2.05, 4.69) is 0 Å². The van der Waals surface area contributed by atoms with Crippen LogP contribution in [-0.2, 0) is 4.84 Å². The summed E-state index contributed by atoms with van der Waals surface area (Å²) in [6, 6.07) is 8.94. The first-order valence-electron chi connectivity index (χ1n) is 5.95. The summed E-state index contributed by atoms with van der Waals surface area (Å²) >= 11 is 0. The van der Waals surface area contributed by atoms with Crippen LogP contribution in [0.5, 0.6) is 5.95 Å². The second-order valence-corrected chi connectivity index (χ2v) is 4.15. The lowest BCUT2D eigenvalue weighted by Gasteiger charge is -2.11. The van der Waals surface area contributed by atoms with Gasteiger partial charge in [0.25, 0.3) is 17.8 Å². The maximum atomic E-state index is 12.0. The minimum Gasteiger partial charge on any atom is -0.468 e. The van der Waals surface area contributed by atoms with Crippen LogP contribution in [0.15, 0.2) is 40.8 Å². The molecule has 0 bridgehead atoms. The van der Waals surface area contributed by atoms with E-state index < -0.39 is 17.8 Å². The Balaban J connectivity index is 1.82. The van der Waals surface area contributed by atoms with E-state index in [4.69, 9.17) is 14.0 Å².